The van der Waals surface area contributed by atoms with E-state index in [2.05, 4.69) is 15.9 Å². The van der Waals surface area contributed by atoms with E-state index in [0.29, 0.717) is 23.9 Å². The third-order valence-electron chi connectivity index (χ3n) is 1.93. The molecule has 2 N–H and O–H groups in total. The molecule has 1 aromatic rings. The third kappa shape index (κ3) is 1.13. The molecule has 0 radical (unpaired) electrons. The van der Waals surface area contributed by atoms with Crippen molar-refractivity contribution in [3.05, 3.63) is 26.7 Å². The van der Waals surface area contributed by atoms with Crippen LogP contribution in [0.3, 0.4) is 0 Å². The lowest BCUT2D eigenvalue weighted by atomic mass is 10.1. The van der Waals surface area contributed by atoms with Gasteiger partial charge in [-0.25, -0.2) is 0 Å². The van der Waals surface area contributed by atoms with Crippen LogP contribution in [0.2, 0.25) is 5.02 Å². The fourth-order valence-corrected chi connectivity index (χ4v) is 2.05. The van der Waals surface area contributed by atoms with Crippen molar-refractivity contribution in [3.63, 3.8) is 0 Å². The first-order valence-electron chi connectivity index (χ1n) is 3.53. The highest BCUT2D eigenvalue weighted by atomic mass is 79.9. The molecule has 0 aliphatic carbocycles. The number of hydrogen-bond donors (Lipinski definition) is 1. The number of benzene rings is 1. The van der Waals surface area contributed by atoms with E-state index in [0.717, 1.165) is 15.6 Å². The lowest BCUT2D eigenvalue weighted by molar-refractivity contribution is 0.134. The lowest BCUT2D eigenvalue weighted by Crippen LogP contribution is -1.92. The Balaban J connectivity index is 2.67. The maximum Gasteiger partial charge on any atom is 0.0781 e. The molecule has 0 amide bonds. The van der Waals surface area contributed by atoms with Gasteiger partial charge >= 0.3 is 0 Å². The lowest BCUT2D eigenvalue weighted by Gasteiger charge is -2.05. The molecule has 0 saturated heterocycles. The van der Waals surface area contributed by atoms with E-state index < -0.39 is 0 Å². The Morgan fingerprint density at radius 2 is 2.25 bits per heavy atom. The quantitative estimate of drug-likeness (QED) is 0.717. The van der Waals surface area contributed by atoms with Crippen LogP contribution in [0.5, 0.6) is 0 Å². The largest absolute Gasteiger partial charge is 0.397 e. The van der Waals surface area contributed by atoms with Crippen LogP contribution in [0.15, 0.2) is 10.5 Å². The van der Waals surface area contributed by atoms with Crippen LogP contribution < -0.4 is 5.73 Å². The average Bonchev–Trinajstić information content (AvgIpc) is 2.48. The number of hydrogen-bond acceptors (Lipinski definition) is 2. The first-order valence-corrected chi connectivity index (χ1v) is 4.70. The van der Waals surface area contributed by atoms with E-state index in [9.17, 15) is 0 Å². The molecular formula is C8H7BrClNO. The fraction of sp³-hybridized carbons (Fsp3) is 0.250. The summed E-state index contributed by atoms with van der Waals surface area (Å²) in [7, 11) is 0. The zero-order chi connectivity index (χ0) is 8.72. The second-order valence-electron chi connectivity index (χ2n) is 2.72. The van der Waals surface area contributed by atoms with Gasteiger partial charge in [0.15, 0.2) is 0 Å². The average molecular weight is 249 g/mol. The molecular weight excluding hydrogens is 241 g/mol. The molecule has 12 heavy (non-hydrogen) atoms. The smallest absolute Gasteiger partial charge is 0.0781 e. The van der Waals surface area contributed by atoms with Gasteiger partial charge in [0.05, 0.1) is 23.9 Å². The summed E-state index contributed by atoms with van der Waals surface area (Å²) in [6.07, 6.45) is 0. The molecule has 1 aliphatic heterocycles. The van der Waals surface area contributed by atoms with E-state index in [-0.39, 0.29) is 0 Å². The van der Waals surface area contributed by atoms with Crippen molar-refractivity contribution in [2.24, 2.45) is 0 Å². The molecule has 0 unspecified atom stereocenters. The van der Waals surface area contributed by atoms with Gasteiger partial charge in [0, 0.05) is 4.47 Å². The van der Waals surface area contributed by atoms with E-state index >= 15 is 0 Å². The molecule has 2 nitrogen and oxygen atoms in total. The molecule has 0 bridgehead atoms. The molecule has 64 valence electrons. The Kier molecular flexibility index (Phi) is 2.02. The molecule has 4 heteroatoms. The number of nitrogen functional groups attached to an aromatic ring is 1. The van der Waals surface area contributed by atoms with E-state index in [1.807, 2.05) is 6.07 Å². The summed E-state index contributed by atoms with van der Waals surface area (Å²) in [5, 5.41) is 0.583. The van der Waals surface area contributed by atoms with Gasteiger partial charge in [-0.3, -0.25) is 0 Å². The first kappa shape index (κ1) is 8.35. The maximum absolute atomic E-state index is 5.93. The number of nitrogens with two attached hydrogens (primary N) is 1. The zero-order valence-electron chi connectivity index (χ0n) is 6.23. The summed E-state index contributed by atoms with van der Waals surface area (Å²) in [5.74, 6) is 0. The van der Waals surface area contributed by atoms with Gasteiger partial charge in [-0.1, -0.05) is 11.6 Å². The Bertz CT molecular complexity index is 340. The number of ether oxygens (including phenoxy) is 1. The zero-order valence-corrected chi connectivity index (χ0v) is 8.58. The summed E-state index contributed by atoms with van der Waals surface area (Å²) in [6, 6.07) is 1.87. The summed E-state index contributed by atoms with van der Waals surface area (Å²) in [4.78, 5) is 0. The van der Waals surface area contributed by atoms with E-state index in [1.54, 1.807) is 0 Å². The van der Waals surface area contributed by atoms with Crippen LogP contribution in [0.25, 0.3) is 0 Å². The normalized spacial score (nSPS) is 14.8. The van der Waals surface area contributed by atoms with Crippen molar-refractivity contribution in [2.75, 3.05) is 5.73 Å². The highest BCUT2D eigenvalue weighted by Crippen LogP contribution is 2.37. The summed E-state index contributed by atoms with van der Waals surface area (Å²) < 4.78 is 6.13. The van der Waals surface area contributed by atoms with Gasteiger partial charge in [-0.2, -0.15) is 0 Å². The first-order chi connectivity index (χ1) is 5.70. The number of rotatable bonds is 0. The Labute approximate surface area is 83.8 Å². The number of fused-ring (bicyclic) bond motifs is 1. The van der Waals surface area contributed by atoms with Crippen molar-refractivity contribution in [3.8, 4) is 0 Å². The highest BCUT2D eigenvalue weighted by Gasteiger charge is 2.18. The number of anilines is 1. The van der Waals surface area contributed by atoms with Crippen LogP contribution in [0.4, 0.5) is 5.69 Å². The van der Waals surface area contributed by atoms with Gasteiger partial charge in [0.2, 0.25) is 0 Å². The van der Waals surface area contributed by atoms with Gasteiger partial charge in [0.1, 0.15) is 0 Å². The van der Waals surface area contributed by atoms with Crippen LogP contribution in [-0.2, 0) is 18.0 Å². The minimum Gasteiger partial charge on any atom is -0.397 e. The molecule has 2 rings (SSSR count). The molecule has 0 saturated carbocycles. The second-order valence-corrected chi connectivity index (χ2v) is 3.90. The molecule has 1 aliphatic rings. The van der Waals surface area contributed by atoms with Gasteiger partial charge in [0.25, 0.3) is 0 Å². The van der Waals surface area contributed by atoms with Crippen LogP contribution in [0, 0.1) is 0 Å². The molecule has 1 heterocycles. The van der Waals surface area contributed by atoms with Crippen molar-refractivity contribution in [1.29, 1.82) is 0 Å². The summed E-state index contributed by atoms with van der Waals surface area (Å²) >= 11 is 9.32. The highest BCUT2D eigenvalue weighted by molar-refractivity contribution is 9.10. The molecule has 1 aromatic carbocycles. The third-order valence-corrected chi connectivity index (χ3v) is 3.44. The predicted molar refractivity (Wildman–Crippen MR) is 52.1 cm³/mol. The molecule has 0 aromatic heterocycles. The maximum atomic E-state index is 5.93. The van der Waals surface area contributed by atoms with E-state index in [4.69, 9.17) is 22.1 Å². The topological polar surface area (TPSA) is 35.2 Å². The SMILES string of the molecule is Nc1cc2c(c(Br)c1Cl)COC2. The van der Waals surface area contributed by atoms with Crippen LogP contribution in [-0.4, -0.2) is 0 Å². The Morgan fingerprint density at radius 1 is 1.50 bits per heavy atom. The summed E-state index contributed by atoms with van der Waals surface area (Å²) in [6.45, 7) is 1.26. The van der Waals surface area contributed by atoms with Crippen LogP contribution >= 0.6 is 27.5 Å². The minimum absolute atomic E-state index is 0.583. The van der Waals surface area contributed by atoms with Crippen molar-refractivity contribution in [2.45, 2.75) is 13.2 Å². The Hall–Kier alpha value is -0.250. The van der Waals surface area contributed by atoms with Gasteiger partial charge in [-0.05, 0) is 33.1 Å². The summed E-state index contributed by atoms with van der Waals surface area (Å²) in [5.41, 5.74) is 8.53. The molecule has 0 fully saturated rings. The minimum atomic E-state index is 0.583. The van der Waals surface area contributed by atoms with Crippen molar-refractivity contribution < 1.29 is 4.74 Å². The fourth-order valence-electron chi connectivity index (χ4n) is 1.29. The second kappa shape index (κ2) is 2.91. The van der Waals surface area contributed by atoms with Crippen LogP contribution in [0.1, 0.15) is 11.1 Å². The molecule has 0 spiro atoms. The Morgan fingerprint density at radius 3 is 3.00 bits per heavy atom. The van der Waals surface area contributed by atoms with E-state index in [1.165, 1.54) is 0 Å². The standard InChI is InChI=1S/C8H7BrClNO/c9-7-5-3-12-2-4(5)1-6(11)8(7)10/h1H,2-3,11H2. The predicted octanol–water partition coefficient (Wildman–Crippen LogP) is 2.71. The number of halogens is 2. The van der Waals surface area contributed by atoms with Crippen molar-refractivity contribution >= 4 is 33.2 Å². The van der Waals surface area contributed by atoms with Gasteiger partial charge in [-0.15, -0.1) is 0 Å². The van der Waals surface area contributed by atoms with Gasteiger partial charge < -0.3 is 10.5 Å². The molecule has 0 atom stereocenters. The van der Waals surface area contributed by atoms with Crippen molar-refractivity contribution in [1.82, 2.24) is 0 Å². The monoisotopic (exact) mass is 247 g/mol.